The Kier molecular flexibility index (Phi) is 4.41. The van der Waals surface area contributed by atoms with Crippen molar-refractivity contribution in [1.82, 2.24) is 0 Å². The van der Waals surface area contributed by atoms with Crippen molar-refractivity contribution >= 4 is 17.1 Å². The van der Waals surface area contributed by atoms with Gasteiger partial charge < -0.3 is 11.1 Å². The lowest BCUT2D eigenvalue weighted by atomic mass is 10.1. The molecule has 104 valence electrons. The Morgan fingerprint density at radius 1 is 1.20 bits per heavy atom. The molecule has 3 heteroatoms. The highest BCUT2D eigenvalue weighted by molar-refractivity contribution is 5.81. The van der Waals surface area contributed by atoms with E-state index in [1.165, 1.54) is 17.7 Å². The summed E-state index contributed by atoms with van der Waals surface area (Å²) in [5.41, 5.74) is 9.74. The normalized spacial score (nSPS) is 10.3. The van der Waals surface area contributed by atoms with Gasteiger partial charge in [0.2, 0.25) is 0 Å². The van der Waals surface area contributed by atoms with Crippen LogP contribution in [0.4, 0.5) is 15.8 Å². The summed E-state index contributed by atoms with van der Waals surface area (Å²) in [6, 6.07) is 12.4. The standard InChI is InChI=1S/C17H19FN2/c1-3-4-13-5-8-15(9-6-13)20-12(2)16-11-14(18)7-10-17(16)19/h5-11,20H,2-4,19H2,1H3. The molecule has 2 aromatic rings. The van der Waals surface area contributed by atoms with Crippen LogP contribution in [0.25, 0.3) is 5.70 Å². The predicted molar refractivity (Wildman–Crippen MR) is 83.9 cm³/mol. The number of hydrogen-bond donors (Lipinski definition) is 2. The van der Waals surface area contributed by atoms with Gasteiger partial charge in [0.15, 0.2) is 0 Å². The topological polar surface area (TPSA) is 38.0 Å². The number of hydrogen-bond acceptors (Lipinski definition) is 2. The molecule has 2 nitrogen and oxygen atoms in total. The number of rotatable bonds is 5. The molecule has 0 heterocycles. The Morgan fingerprint density at radius 3 is 2.55 bits per heavy atom. The number of aryl methyl sites for hydroxylation is 1. The van der Waals surface area contributed by atoms with E-state index in [-0.39, 0.29) is 5.82 Å². The average Bonchev–Trinajstić information content (AvgIpc) is 2.44. The summed E-state index contributed by atoms with van der Waals surface area (Å²) in [4.78, 5) is 0. The minimum atomic E-state index is -0.324. The molecular weight excluding hydrogens is 251 g/mol. The second-order valence-corrected chi connectivity index (χ2v) is 4.78. The molecule has 2 rings (SSSR count). The van der Waals surface area contributed by atoms with Crippen LogP contribution >= 0.6 is 0 Å². The average molecular weight is 270 g/mol. The fraction of sp³-hybridized carbons (Fsp3) is 0.176. The Balaban J connectivity index is 2.13. The summed E-state index contributed by atoms with van der Waals surface area (Å²) >= 11 is 0. The summed E-state index contributed by atoms with van der Waals surface area (Å²) in [6.45, 7) is 6.08. The monoisotopic (exact) mass is 270 g/mol. The molecule has 2 aromatic carbocycles. The molecule has 0 aliphatic carbocycles. The summed E-state index contributed by atoms with van der Waals surface area (Å²) in [6.07, 6.45) is 2.19. The molecule has 0 aromatic heterocycles. The fourth-order valence-corrected chi connectivity index (χ4v) is 2.07. The highest BCUT2D eigenvalue weighted by atomic mass is 19.1. The predicted octanol–water partition coefficient (Wildman–Crippen LogP) is 4.44. The maximum absolute atomic E-state index is 13.3. The third kappa shape index (κ3) is 3.38. The van der Waals surface area contributed by atoms with Crippen LogP contribution < -0.4 is 11.1 Å². The van der Waals surface area contributed by atoms with Crippen LogP contribution in [0.5, 0.6) is 0 Å². The van der Waals surface area contributed by atoms with Crippen LogP contribution in [0, 0.1) is 5.82 Å². The van der Waals surface area contributed by atoms with E-state index in [2.05, 4.69) is 31.0 Å². The third-order valence-corrected chi connectivity index (χ3v) is 3.13. The lowest BCUT2D eigenvalue weighted by Crippen LogP contribution is -2.02. The van der Waals surface area contributed by atoms with E-state index in [0.717, 1.165) is 18.5 Å². The molecule has 0 radical (unpaired) electrons. The second kappa shape index (κ2) is 6.24. The SMILES string of the molecule is C=C(Nc1ccc(CCC)cc1)c1cc(F)ccc1N. The van der Waals surface area contributed by atoms with Crippen LogP contribution in [-0.4, -0.2) is 0 Å². The maximum atomic E-state index is 13.3. The smallest absolute Gasteiger partial charge is 0.124 e. The highest BCUT2D eigenvalue weighted by Crippen LogP contribution is 2.23. The van der Waals surface area contributed by atoms with Gasteiger partial charge in [-0.1, -0.05) is 32.1 Å². The summed E-state index contributed by atoms with van der Waals surface area (Å²) in [5.74, 6) is -0.324. The molecule has 0 atom stereocenters. The van der Waals surface area contributed by atoms with E-state index in [0.29, 0.717) is 16.9 Å². The van der Waals surface area contributed by atoms with E-state index >= 15 is 0 Å². The van der Waals surface area contributed by atoms with Crippen molar-refractivity contribution in [2.24, 2.45) is 0 Å². The number of nitrogens with one attached hydrogen (secondary N) is 1. The van der Waals surface area contributed by atoms with Gasteiger partial charge in [-0.25, -0.2) is 4.39 Å². The first-order valence-electron chi connectivity index (χ1n) is 6.70. The van der Waals surface area contributed by atoms with Crippen molar-refractivity contribution in [2.75, 3.05) is 11.1 Å². The third-order valence-electron chi connectivity index (χ3n) is 3.13. The maximum Gasteiger partial charge on any atom is 0.124 e. The quantitative estimate of drug-likeness (QED) is 0.788. The molecule has 0 bridgehead atoms. The number of nitrogens with two attached hydrogens (primary N) is 1. The molecular formula is C17H19FN2. The van der Waals surface area contributed by atoms with Crippen molar-refractivity contribution in [3.8, 4) is 0 Å². The van der Waals surface area contributed by atoms with Crippen molar-refractivity contribution < 1.29 is 4.39 Å². The number of nitrogen functional groups attached to an aromatic ring is 1. The lowest BCUT2D eigenvalue weighted by Gasteiger charge is -2.12. The number of halogens is 1. The Hall–Kier alpha value is -2.29. The Bertz CT molecular complexity index is 603. The van der Waals surface area contributed by atoms with Gasteiger partial charge in [0.25, 0.3) is 0 Å². The second-order valence-electron chi connectivity index (χ2n) is 4.78. The first-order valence-corrected chi connectivity index (χ1v) is 6.70. The zero-order valence-electron chi connectivity index (χ0n) is 11.6. The minimum Gasteiger partial charge on any atom is -0.398 e. The fourth-order valence-electron chi connectivity index (χ4n) is 2.07. The molecule has 0 aliphatic heterocycles. The summed E-state index contributed by atoms with van der Waals surface area (Å²) < 4.78 is 13.3. The van der Waals surface area contributed by atoms with Crippen LogP contribution in [-0.2, 0) is 6.42 Å². The van der Waals surface area contributed by atoms with Crippen LogP contribution in [0.2, 0.25) is 0 Å². The van der Waals surface area contributed by atoms with Gasteiger partial charge in [-0.15, -0.1) is 0 Å². The van der Waals surface area contributed by atoms with E-state index in [4.69, 9.17) is 5.73 Å². The molecule has 0 fully saturated rings. The molecule has 0 saturated carbocycles. The van der Waals surface area contributed by atoms with Crippen LogP contribution in [0.3, 0.4) is 0 Å². The summed E-state index contributed by atoms with van der Waals surface area (Å²) in [7, 11) is 0. The van der Waals surface area contributed by atoms with Gasteiger partial charge in [0.1, 0.15) is 5.82 Å². The van der Waals surface area contributed by atoms with Crippen molar-refractivity contribution in [1.29, 1.82) is 0 Å². The largest absolute Gasteiger partial charge is 0.398 e. The van der Waals surface area contributed by atoms with Gasteiger partial charge >= 0.3 is 0 Å². The van der Waals surface area contributed by atoms with Crippen molar-refractivity contribution in [2.45, 2.75) is 19.8 Å². The molecule has 0 amide bonds. The van der Waals surface area contributed by atoms with Crippen molar-refractivity contribution in [3.05, 3.63) is 66.0 Å². The van der Waals surface area contributed by atoms with E-state index in [9.17, 15) is 4.39 Å². The molecule has 0 aliphatic rings. The van der Waals surface area contributed by atoms with Gasteiger partial charge in [0.05, 0.1) is 0 Å². The molecule has 0 spiro atoms. The highest BCUT2D eigenvalue weighted by Gasteiger charge is 2.05. The Labute approximate surface area is 119 Å². The van der Waals surface area contributed by atoms with Crippen molar-refractivity contribution in [3.63, 3.8) is 0 Å². The molecule has 3 N–H and O–H groups in total. The van der Waals surface area contributed by atoms with Crippen LogP contribution in [0.15, 0.2) is 49.0 Å². The van der Waals surface area contributed by atoms with E-state index in [1.54, 1.807) is 6.07 Å². The van der Waals surface area contributed by atoms with Gasteiger partial charge in [-0.2, -0.15) is 0 Å². The Morgan fingerprint density at radius 2 is 1.90 bits per heavy atom. The number of anilines is 2. The minimum absolute atomic E-state index is 0.324. The molecule has 20 heavy (non-hydrogen) atoms. The zero-order valence-corrected chi connectivity index (χ0v) is 11.6. The first-order chi connectivity index (χ1) is 9.60. The van der Waals surface area contributed by atoms with E-state index in [1.807, 2.05) is 12.1 Å². The van der Waals surface area contributed by atoms with E-state index < -0.39 is 0 Å². The first kappa shape index (κ1) is 14.1. The molecule has 0 saturated heterocycles. The van der Waals surface area contributed by atoms with Gasteiger partial charge in [0, 0.05) is 22.6 Å². The number of benzene rings is 2. The van der Waals surface area contributed by atoms with Gasteiger partial charge in [-0.3, -0.25) is 0 Å². The zero-order chi connectivity index (χ0) is 14.5. The van der Waals surface area contributed by atoms with Gasteiger partial charge in [-0.05, 0) is 42.3 Å². The lowest BCUT2D eigenvalue weighted by molar-refractivity contribution is 0.627. The summed E-state index contributed by atoms with van der Waals surface area (Å²) in [5, 5.41) is 3.15. The van der Waals surface area contributed by atoms with Crippen LogP contribution in [0.1, 0.15) is 24.5 Å². The molecule has 0 unspecified atom stereocenters.